The minimum atomic E-state index is -0.393. The molecule has 1 fully saturated rings. The van der Waals surface area contributed by atoms with Crippen molar-refractivity contribution < 1.29 is 14.4 Å². The summed E-state index contributed by atoms with van der Waals surface area (Å²) in [7, 11) is 0. The number of carbonyl (C=O) groups is 3. The summed E-state index contributed by atoms with van der Waals surface area (Å²) in [4.78, 5) is 43.3. The fourth-order valence-electron chi connectivity index (χ4n) is 4.47. The first kappa shape index (κ1) is 32.7. The van der Waals surface area contributed by atoms with Crippen LogP contribution in [0.4, 0.5) is 0 Å². The van der Waals surface area contributed by atoms with Crippen LogP contribution < -0.4 is 5.32 Å². The number of Topliss-reactive ketones (excluding diaryl/α,β-unsaturated/α-hetero) is 1. The lowest BCUT2D eigenvalue weighted by Crippen LogP contribution is -2.46. The van der Waals surface area contributed by atoms with Crippen molar-refractivity contribution in [1.29, 1.82) is 0 Å². The number of rotatable bonds is 19. The maximum atomic E-state index is 12.7. The fourth-order valence-corrected chi connectivity index (χ4v) is 4.47. The van der Waals surface area contributed by atoms with Gasteiger partial charge in [0.05, 0.1) is 0 Å². The van der Waals surface area contributed by atoms with Crippen molar-refractivity contribution in [2.24, 2.45) is 0 Å². The molecular formula is C34H47N3O3. The van der Waals surface area contributed by atoms with Crippen LogP contribution in [-0.4, -0.2) is 46.6 Å². The number of likely N-dealkylation sites (tertiary alicyclic amines) is 1. The number of hydrogen-bond acceptors (Lipinski definition) is 4. The van der Waals surface area contributed by atoms with E-state index in [-0.39, 0.29) is 17.6 Å². The summed E-state index contributed by atoms with van der Waals surface area (Å²) in [5.41, 5.74) is 0.589. The van der Waals surface area contributed by atoms with Gasteiger partial charge in [0.1, 0.15) is 6.04 Å². The zero-order valence-electron chi connectivity index (χ0n) is 24.2. The largest absolute Gasteiger partial charge is 0.354 e. The number of unbranched alkanes of at least 4 members (excludes halogenated alkanes) is 1. The summed E-state index contributed by atoms with van der Waals surface area (Å²) in [5.74, 6) is -0.0400. The van der Waals surface area contributed by atoms with E-state index in [1.807, 2.05) is 0 Å². The van der Waals surface area contributed by atoms with Gasteiger partial charge in [-0.25, -0.2) is 0 Å². The van der Waals surface area contributed by atoms with E-state index in [9.17, 15) is 14.4 Å². The van der Waals surface area contributed by atoms with Crippen molar-refractivity contribution in [2.45, 2.75) is 90.0 Å². The normalized spacial score (nSPS) is 15.9. The van der Waals surface area contributed by atoms with Crippen molar-refractivity contribution in [2.75, 3.05) is 13.1 Å². The summed E-state index contributed by atoms with van der Waals surface area (Å²) in [6, 6.07) is 3.09. The SMILES string of the molecule is CC/C=C\C/C=C\C/C=C\C/C=C\C/C=C\CCCC(=O)N1CCC[C@H]1C(=O)NCCCC(=O)c1cccnc1. The lowest BCUT2D eigenvalue weighted by atomic mass is 10.1. The van der Waals surface area contributed by atoms with Gasteiger partial charge in [0.15, 0.2) is 5.78 Å². The minimum absolute atomic E-state index is 0.0209. The third-order valence-electron chi connectivity index (χ3n) is 6.66. The van der Waals surface area contributed by atoms with Gasteiger partial charge in [0.2, 0.25) is 11.8 Å². The number of nitrogens with one attached hydrogen (secondary N) is 1. The molecule has 1 saturated heterocycles. The van der Waals surface area contributed by atoms with E-state index >= 15 is 0 Å². The Bertz CT molecular complexity index is 1020. The highest BCUT2D eigenvalue weighted by atomic mass is 16.2. The van der Waals surface area contributed by atoms with E-state index in [4.69, 9.17) is 0 Å². The molecule has 6 heteroatoms. The molecule has 0 radical (unpaired) electrons. The van der Waals surface area contributed by atoms with Crippen LogP contribution >= 0.6 is 0 Å². The number of pyridine rings is 1. The van der Waals surface area contributed by atoms with Gasteiger partial charge in [-0.3, -0.25) is 19.4 Å². The summed E-state index contributed by atoms with van der Waals surface area (Å²) in [5, 5.41) is 2.91. The molecule has 40 heavy (non-hydrogen) atoms. The van der Waals surface area contributed by atoms with Gasteiger partial charge in [-0.2, -0.15) is 0 Å². The predicted molar refractivity (Wildman–Crippen MR) is 164 cm³/mol. The Labute approximate surface area is 241 Å². The van der Waals surface area contributed by atoms with Gasteiger partial charge in [-0.15, -0.1) is 0 Å². The second-order valence-electron chi connectivity index (χ2n) is 9.90. The molecule has 1 atom stereocenters. The summed E-state index contributed by atoms with van der Waals surface area (Å²) >= 11 is 0. The summed E-state index contributed by atoms with van der Waals surface area (Å²) in [6.45, 7) is 3.21. The van der Waals surface area contributed by atoms with Gasteiger partial charge < -0.3 is 10.2 Å². The molecule has 0 aliphatic carbocycles. The Kier molecular flexibility index (Phi) is 17.4. The molecule has 0 spiro atoms. The Morgan fingerprint density at radius 1 is 0.900 bits per heavy atom. The molecule has 0 saturated carbocycles. The average Bonchev–Trinajstić information content (AvgIpc) is 3.47. The van der Waals surface area contributed by atoms with Gasteiger partial charge in [0, 0.05) is 43.9 Å². The average molecular weight is 546 g/mol. The third-order valence-corrected chi connectivity index (χ3v) is 6.66. The molecule has 0 aromatic carbocycles. The Hall–Kier alpha value is -3.54. The van der Waals surface area contributed by atoms with Crippen LogP contribution in [0.5, 0.6) is 0 Å². The number of ketones is 1. The molecule has 1 N–H and O–H groups in total. The number of amides is 2. The molecule has 2 amide bonds. The van der Waals surface area contributed by atoms with E-state index < -0.39 is 6.04 Å². The number of nitrogens with zero attached hydrogens (tertiary/aromatic N) is 2. The molecule has 216 valence electrons. The van der Waals surface area contributed by atoms with Gasteiger partial charge >= 0.3 is 0 Å². The van der Waals surface area contributed by atoms with Crippen LogP contribution in [0.2, 0.25) is 0 Å². The van der Waals surface area contributed by atoms with Gasteiger partial charge in [-0.05, 0) is 76.3 Å². The zero-order chi connectivity index (χ0) is 28.7. The van der Waals surface area contributed by atoms with Crippen LogP contribution in [0.15, 0.2) is 85.3 Å². The van der Waals surface area contributed by atoms with E-state index in [1.165, 1.54) is 0 Å². The number of hydrogen-bond donors (Lipinski definition) is 1. The maximum absolute atomic E-state index is 12.7. The number of allylic oxidation sites excluding steroid dienone is 10. The smallest absolute Gasteiger partial charge is 0.242 e. The molecule has 0 unspecified atom stereocenters. The summed E-state index contributed by atoms with van der Waals surface area (Å²) < 4.78 is 0. The van der Waals surface area contributed by atoms with Crippen molar-refractivity contribution >= 4 is 17.6 Å². The first-order chi connectivity index (χ1) is 19.6. The molecule has 1 aliphatic heterocycles. The highest BCUT2D eigenvalue weighted by molar-refractivity contribution is 5.95. The predicted octanol–water partition coefficient (Wildman–Crippen LogP) is 7.07. The zero-order valence-corrected chi connectivity index (χ0v) is 24.2. The monoisotopic (exact) mass is 545 g/mol. The second kappa shape index (κ2) is 21.3. The molecule has 2 heterocycles. The molecular weight excluding hydrogens is 498 g/mol. The Morgan fingerprint density at radius 2 is 1.55 bits per heavy atom. The quantitative estimate of drug-likeness (QED) is 0.115. The van der Waals surface area contributed by atoms with Gasteiger partial charge in [-0.1, -0.05) is 67.7 Å². The highest BCUT2D eigenvalue weighted by Gasteiger charge is 2.33. The van der Waals surface area contributed by atoms with Crippen LogP contribution in [0.1, 0.15) is 94.3 Å². The molecule has 1 aromatic heterocycles. The first-order valence-corrected chi connectivity index (χ1v) is 14.9. The minimum Gasteiger partial charge on any atom is -0.354 e. The first-order valence-electron chi connectivity index (χ1n) is 14.9. The van der Waals surface area contributed by atoms with Crippen molar-refractivity contribution in [1.82, 2.24) is 15.2 Å². The van der Waals surface area contributed by atoms with E-state index in [0.717, 1.165) is 51.4 Å². The van der Waals surface area contributed by atoms with E-state index in [2.05, 4.69) is 78.0 Å². The molecule has 1 aliphatic rings. The highest BCUT2D eigenvalue weighted by Crippen LogP contribution is 2.19. The van der Waals surface area contributed by atoms with E-state index in [1.54, 1.807) is 29.4 Å². The number of carbonyl (C=O) groups excluding carboxylic acids is 3. The molecule has 2 rings (SSSR count). The standard InChI is InChI=1S/C34H47N3O3/c1-2-3-4-5-6-7-8-9-10-11-12-13-14-15-16-17-18-25-33(39)37-28-21-23-31(37)34(40)36-27-20-24-32(38)30-22-19-26-35-29-30/h3-4,6-7,9-10,12-13,15-16,19,22,26,29,31H,2,5,8,11,14,17-18,20-21,23-25,27-28H2,1H3,(H,36,40)/b4-3-,7-6-,10-9-,13-12-,16-15-/t31-/m0/s1. The third kappa shape index (κ3) is 14.0. The lowest BCUT2D eigenvalue weighted by Gasteiger charge is -2.24. The Balaban J connectivity index is 1.53. The van der Waals surface area contributed by atoms with Crippen LogP contribution in [0, 0.1) is 0 Å². The Morgan fingerprint density at radius 3 is 2.17 bits per heavy atom. The van der Waals surface area contributed by atoms with Crippen LogP contribution in [0.3, 0.4) is 0 Å². The maximum Gasteiger partial charge on any atom is 0.242 e. The molecule has 6 nitrogen and oxygen atoms in total. The fraction of sp³-hybridized carbons (Fsp3) is 0.471. The van der Waals surface area contributed by atoms with E-state index in [0.29, 0.717) is 44.3 Å². The van der Waals surface area contributed by atoms with Crippen molar-refractivity contribution in [3.05, 3.63) is 90.9 Å². The number of aromatic nitrogens is 1. The van der Waals surface area contributed by atoms with Crippen molar-refractivity contribution in [3.8, 4) is 0 Å². The molecule has 1 aromatic rings. The second-order valence-corrected chi connectivity index (χ2v) is 9.90. The lowest BCUT2D eigenvalue weighted by molar-refractivity contribution is -0.138. The van der Waals surface area contributed by atoms with Gasteiger partial charge in [0.25, 0.3) is 0 Å². The van der Waals surface area contributed by atoms with Crippen LogP contribution in [-0.2, 0) is 9.59 Å². The summed E-state index contributed by atoms with van der Waals surface area (Å²) in [6.07, 6.45) is 34.5. The van der Waals surface area contributed by atoms with Crippen LogP contribution in [0.25, 0.3) is 0 Å². The molecule has 0 bridgehead atoms. The van der Waals surface area contributed by atoms with Crippen molar-refractivity contribution in [3.63, 3.8) is 0 Å². The topological polar surface area (TPSA) is 79.4 Å².